The molecule has 0 aromatic heterocycles. The van der Waals surface area contributed by atoms with Crippen molar-refractivity contribution in [2.75, 3.05) is 20.3 Å². The lowest BCUT2D eigenvalue weighted by Crippen LogP contribution is -2.54. The van der Waals surface area contributed by atoms with E-state index in [-0.39, 0.29) is 42.2 Å². The quantitative estimate of drug-likeness (QED) is 0.796. The van der Waals surface area contributed by atoms with Crippen LogP contribution in [0.5, 0.6) is 0 Å². The average Bonchev–Trinajstić information content (AvgIpc) is 3.32. The van der Waals surface area contributed by atoms with E-state index in [1.165, 1.54) is 19.3 Å². The number of hydrogen-bond donors (Lipinski definition) is 0. The lowest BCUT2D eigenvalue weighted by atomic mass is 9.90. The van der Waals surface area contributed by atoms with Gasteiger partial charge in [-0.25, -0.2) is 0 Å². The van der Waals surface area contributed by atoms with Gasteiger partial charge in [0.2, 0.25) is 5.91 Å². The summed E-state index contributed by atoms with van der Waals surface area (Å²) in [6.07, 6.45) is 5.63. The Morgan fingerprint density at radius 3 is 2.48 bits per heavy atom. The van der Waals surface area contributed by atoms with Crippen LogP contribution in [0.15, 0.2) is 30.3 Å². The first-order chi connectivity index (χ1) is 13.2. The van der Waals surface area contributed by atoms with Gasteiger partial charge in [0.15, 0.2) is 0 Å². The van der Waals surface area contributed by atoms with Gasteiger partial charge in [0.25, 0.3) is 0 Å². The van der Waals surface area contributed by atoms with Crippen LogP contribution in [0.25, 0.3) is 0 Å². The molecule has 2 heterocycles. The summed E-state index contributed by atoms with van der Waals surface area (Å²) in [6.45, 7) is 3.11. The monoisotopic (exact) mass is 373 g/mol. The lowest BCUT2D eigenvalue weighted by Gasteiger charge is -2.41. The Morgan fingerprint density at radius 1 is 1.07 bits per heavy atom. The smallest absolute Gasteiger partial charge is 0.230 e. The van der Waals surface area contributed by atoms with Crippen molar-refractivity contribution in [1.82, 2.24) is 4.90 Å². The standard InChI is InChI=1S/C22H31NO4/c1-15(16-9-5-3-6-10-16)22(24)23(17-11-7-4-8-12-17)18-13-26-21-19(25-2)14-27-20(18)21/h3,5-6,9-10,15,17-21H,4,7-8,11-14H2,1-2H3/t15-,18-,19-,20?,21?/m1/s1. The maximum Gasteiger partial charge on any atom is 0.230 e. The molecule has 3 aliphatic rings. The molecule has 5 atom stereocenters. The molecule has 148 valence electrons. The zero-order valence-corrected chi connectivity index (χ0v) is 16.4. The number of amides is 1. The van der Waals surface area contributed by atoms with Crippen molar-refractivity contribution in [1.29, 1.82) is 0 Å². The fourth-order valence-corrected chi connectivity index (χ4v) is 4.97. The Hall–Kier alpha value is -1.43. The molecule has 4 rings (SSSR count). The minimum absolute atomic E-state index is 0.0167. The van der Waals surface area contributed by atoms with Gasteiger partial charge in [-0.15, -0.1) is 0 Å². The predicted molar refractivity (Wildman–Crippen MR) is 103 cm³/mol. The molecule has 0 radical (unpaired) electrons. The van der Waals surface area contributed by atoms with Crippen molar-refractivity contribution in [3.8, 4) is 0 Å². The second-order valence-corrected chi connectivity index (χ2v) is 8.11. The Kier molecular flexibility index (Phi) is 5.81. The highest BCUT2D eigenvalue weighted by Gasteiger charge is 2.52. The first kappa shape index (κ1) is 18.9. The number of benzene rings is 1. The first-order valence-corrected chi connectivity index (χ1v) is 10.3. The fourth-order valence-electron chi connectivity index (χ4n) is 4.97. The van der Waals surface area contributed by atoms with E-state index < -0.39 is 0 Å². The first-order valence-electron chi connectivity index (χ1n) is 10.3. The minimum Gasteiger partial charge on any atom is -0.376 e. The van der Waals surface area contributed by atoms with E-state index >= 15 is 0 Å². The van der Waals surface area contributed by atoms with E-state index in [0.717, 1.165) is 18.4 Å². The van der Waals surface area contributed by atoms with Gasteiger partial charge < -0.3 is 19.1 Å². The zero-order valence-electron chi connectivity index (χ0n) is 16.4. The Morgan fingerprint density at radius 2 is 1.78 bits per heavy atom. The van der Waals surface area contributed by atoms with Crippen molar-refractivity contribution < 1.29 is 19.0 Å². The van der Waals surface area contributed by atoms with Crippen LogP contribution in [-0.2, 0) is 19.0 Å². The van der Waals surface area contributed by atoms with Crippen LogP contribution >= 0.6 is 0 Å². The van der Waals surface area contributed by atoms with E-state index in [2.05, 4.69) is 4.90 Å². The minimum atomic E-state index is -0.160. The third kappa shape index (κ3) is 3.65. The topological polar surface area (TPSA) is 48.0 Å². The number of rotatable bonds is 5. The number of carbonyl (C=O) groups is 1. The summed E-state index contributed by atoms with van der Waals surface area (Å²) in [4.78, 5) is 15.8. The molecule has 5 nitrogen and oxygen atoms in total. The fraction of sp³-hybridized carbons (Fsp3) is 0.682. The second kappa shape index (κ2) is 8.29. The Labute approximate surface area is 162 Å². The molecule has 27 heavy (non-hydrogen) atoms. The molecular formula is C22H31NO4. The summed E-state index contributed by atoms with van der Waals surface area (Å²) >= 11 is 0. The number of methoxy groups -OCH3 is 1. The number of nitrogens with zero attached hydrogens (tertiary/aromatic N) is 1. The normalized spacial score (nSPS) is 32.2. The molecule has 5 heteroatoms. The van der Waals surface area contributed by atoms with Crippen LogP contribution in [0, 0.1) is 0 Å². The van der Waals surface area contributed by atoms with Crippen molar-refractivity contribution in [2.24, 2.45) is 0 Å². The van der Waals surface area contributed by atoms with E-state index in [1.54, 1.807) is 7.11 Å². The van der Waals surface area contributed by atoms with Gasteiger partial charge in [-0.1, -0.05) is 49.6 Å². The molecule has 1 aliphatic carbocycles. The maximum absolute atomic E-state index is 13.7. The van der Waals surface area contributed by atoms with Crippen LogP contribution in [0.1, 0.15) is 50.5 Å². The maximum atomic E-state index is 13.7. The number of ether oxygens (including phenoxy) is 3. The SMILES string of the molecule is CO[C@@H]1COC2C1OC[C@H]2N(C(=O)[C@H](C)c1ccccc1)C1CCCCC1. The summed E-state index contributed by atoms with van der Waals surface area (Å²) in [5.74, 6) is 0.0404. The molecule has 0 bridgehead atoms. The van der Waals surface area contributed by atoms with Gasteiger partial charge in [0.1, 0.15) is 18.3 Å². The van der Waals surface area contributed by atoms with Crippen LogP contribution in [0.3, 0.4) is 0 Å². The summed E-state index contributed by atoms with van der Waals surface area (Å²) in [6, 6.07) is 10.4. The van der Waals surface area contributed by atoms with Crippen LogP contribution < -0.4 is 0 Å². The molecule has 3 fully saturated rings. The molecule has 2 aliphatic heterocycles. The molecule has 0 N–H and O–H groups in total. The number of fused-ring (bicyclic) bond motifs is 1. The van der Waals surface area contributed by atoms with Gasteiger partial charge in [-0.3, -0.25) is 4.79 Å². The molecule has 2 unspecified atom stereocenters. The molecule has 1 saturated carbocycles. The highest BCUT2D eigenvalue weighted by Crippen LogP contribution is 2.36. The summed E-state index contributed by atoms with van der Waals surface area (Å²) < 4.78 is 17.6. The van der Waals surface area contributed by atoms with E-state index in [0.29, 0.717) is 13.2 Å². The molecule has 1 aromatic rings. The van der Waals surface area contributed by atoms with Crippen molar-refractivity contribution in [2.45, 2.75) is 75.3 Å². The van der Waals surface area contributed by atoms with Gasteiger partial charge in [0.05, 0.1) is 25.2 Å². The molecule has 1 aromatic carbocycles. The molecule has 0 spiro atoms. The molecule has 1 amide bonds. The Bertz CT molecular complexity index is 630. The summed E-state index contributed by atoms with van der Waals surface area (Å²) in [5, 5.41) is 0. The summed E-state index contributed by atoms with van der Waals surface area (Å²) in [7, 11) is 1.70. The van der Waals surface area contributed by atoms with Crippen LogP contribution in [0.4, 0.5) is 0 Å². The van der Waals surface area contributed by atoms with Crippen molar-refractivity contribution >= 4 is 5.91 Å². The van der Waals surface area contributed by atoms with Gasteiger partial charge in [-0.05, 0) is 25.3 Å². The second-order valence-electron chi connectivity index (χ2n) is 8.11. The van der Waals surface area contributed by atoms with Crippen LogP contribution in [0.2, 0.25) is 0 Å². The average molecular weight is 373 g/mol. The van der Waals surface area contributed by atoms with E-state index in [9.17, 15) is 4.79 Å². The third-order valence-corrected chi connectivity index (χ3v) is 6.53. The highest BCUT2D eigenvalue weighted by molar-refractivity contribution is 5.84. The predicted octanol–water partition coefficient (Wildman–Crippen LogP) is 3.13. The number of carbonyl (C=O) groups excluding carboxylic acids is 1. The zero-order chi connectivity index (χ0) is 18.8. The highest BCUT2D eigenvalue weighted by atomic mass is 16.6. The third-order valence-electron chi connectivity index (χ3n) is 6.53. The molecule has 2 saturated heterocycles. The van der Waals surface area contributed by atoms with Gasteiger partial charge in [0, 0.05) is 13.2 Å². The Balaban J connectivity index is 1.59. The van der Waals surface area contributed by atoms with Gasteiger partial charge >= 0.3 is 0 Å². The van der Waals surface area contributed by atoms with E-state index in [4.69, 9.17) is 14.2 Å². The summed E-state index contributed by atoms with van der Waals surface area (Å²) in [5.41, 5.74) is 1.07. The molecular weight excluding hydrogens is 342 g/mol. The number of hydrogen-bond acceptors (Lipinski definition) is 4. The van der Waals surface area contributed by atoms with Crippen molar-refractivity contribution in [3.05, 3.63) is 35.9 Å². The lowest BCUT2D eigenvalue weighted by molar-refractivity contribution is -0.141. The largest absolute Gasteiger partial charge is 0.376 e. The van der Waals surface area contributed by atoms with Crippen LogP contribution in [-0.4, -0.2) is 61.5 Å². The van der Waals surface area contributed by atoms with E-state index in [1.807, 2.05) is 37.3 Å². The van der Waals surface area contributed by atoms with Crippen molar-refractivity contribution in [3.63, 3.8) is 0 Å². The van der Waals surface area contributed by atoms with Gasteiger partial charge in [-0.2, -0.15) is 0 Å².